The van der Waals surface area contributed by atoms with Crippen LogP contribution in [0.15, 0.2) is 69.9 Å². The number of carbonyl (C=O) groups excluding carboxylic acids is 1. The molecule has 30 heavy (non-hydrogen) atoms. The molecule has 0 aliphatic rings. The Morgan fingerprint density at radius 2 is 1.87 bits per heavy atom. The predicted molar refractivity (Wildman–Crippen MR) is 126 cm³/mol. The van der Waals surface area contributed by atoms with Crippen LogP contribution in [-0.2, 0) is 4.79 Å². The zero-order chi connectivity index (χ0) is 21.1. The largest absolute Gasteiger partial charge is 0.325 e. The van der Waals surface area contributed by atoms with Gasteiger partial charge in [0.1, 0.15) is 4.83 Å². The first kappa shape index (κ1) is 20.4. The van der Waals surface area contributed by atoms with Crippen LogP contribution in [0.4, 0.5) is 5.69 Å². The van der Waals surface area contributed by atoms with Crippen molar-refractivity contribution >= 4 is 44.9 Å². The molecule has 0 aliphatic heterocycles. The first-order chi connectivity index (χ1) is 14.5. The minimum Gasteiger partial charge on any atom is -0.325 e. The third-order valence-corrected chi connectivity index (χ3v) is 6.45. The number of hydrogen-bond acceptors (Lipinski definition) is 5. The Bertz CT molecular complexity index is 1230. The predicted octanol–water partition coefficient (Wildman–Crippen LogP) is 5.51. The van der Waals surface area contributed by atoms with Gasteiger partial charge in [-0.25, -0.2) is 4.98 Å². The highest BCUT2D eigenvalue weighted by Crippen LogP contribution is 2.32. The van der Waals surface area contributed by atoms with Crippen molar-refractivity contribution in [3.05, 3.63) is 75.9 Å². The lowest BCUT2D eigenvalue weighted by atomic mass is 9.99. The van der Waals surface area contributed by atoms with E-state index in [2.05, 4.69) is 41.3 Å². The summed E-state index contributed by atoms with van der Waals surface area (Å²) in [6, 6.07) is 17.6. The van der Waals surface area contributed by atoms with Crippen LogP contribution in [0.5, 0.6) is 0 Å². The average Bonchev–Trinajstić information content (AvgIpc) is 3.18. The van der Waals surface area contributed by atoms with Gasteiger partial charge in [0.15, 0.2) is 5.16 Å². The highest BCUT2D eigenvalue weighted by Gasteiger charge is 2.14. The lowest BCUT2D eigenvalue weighted by Crippen LogP contribution is -2.15. The van der Waals surface area contributed by atoms with Crippen molar-refractivity contribution in [2.45, 2.75) is 24.9 Å². The molecule has 0 spiro atoms. The molecule has 7 heteroatoms. The fourth-order valence-corrected chi connectivity index (χ4v) is 4.78. The molecule has 2 aromatic heterocycles. The van der Waals surface area contributed by atoms with E-state index in [4.69, 9.17) is 0 Å². The summed E-state index contributed by atoms with van der Waals surface area (Å²) in [6.45, 7) is 4.31. The number of aromatic nitrogens is 2. The number of H-pyrrole nitrogens is 1. The molecule has 5 nitrogen and oxygen atoms in total. The van der Waals surface area contributed by atoms with Gasteiger partial charge >= 0.3 is 0 Å². The number of carbonyl (C=O) groups is 1. The number of aromatic amines is 1. The Hall–Kier alpha value is -2.90. The van der Waals surface area contributed by atoms with Gasteiger partial charge in [0.05, 0.1) is 11.1 Å². The highest BCUT2D eigenvalue weighted by molar-refractivity contribution is 7.99. The molecule has 2 N–H and O–H groups in total. The number of fused-ring (bicyclic) bond motifs is 1. The van der Waals surface area contributed by atoms with Gasteiger partial charge in [-0.05, 0) is 29.2 Å². The average molecular weight is 436 g/mol. The van der Waals surface area contributed by atoms with Crippen molar-refractivity contribution in [1.29, 1.82) is 0 Å². The van der Waals surface area contributed by atoms with Crippen LogP contribution in [0.3, 0.4) is 0 Å². The lowest BCUT2D eigenvalue weighted by molar-refractivity contribution is -0.113. The molecule has 0 unspecified atom stereocenters. The number of hydrogen-bond donors (Lipinski definition) is 2. The Morgan fingerprint density at radius 1 is 1.13 bits per heavy atom. The number of thioether (sulfide) groups is 1. The molecule has 2 aromatic carbocycles. The van der Waals surface area contributed by atoms with Crippen molar-refractivity contribution in [3.63, 3.8) is 0 Å². The quantitative estimate of drug-likeness (QED) is 0.309. The molecular weight excluding hydrogens is 414 g/mol. The van der Waals surface area contributed by atoms with E-state index in [1.54, 1.807) is 0 Å². The molecule has 0 atom stereocenters. The van der Waals surface area contributed by atoms with Gasteiger partial charge in [-0.15, -0.1) is 11.3 Å². The summed E-state index contributed by atoms with van der Waals surface area (Å²) < 4.78 is 0. The van der Waals surface area contributed by atoms with Crippen molar-refractivity contribution < 1.29 is 4.79 Å². The zero-order valence-electron chi connectivity index (χ0n) is 16.6. The Labute approximate surface area is 182 Å². The fourth-order valence-electron chi connectivity index (χ4n) is 3.11. The van der Waals surface area contributed by atoms with Gasteiger partial charge in [-0.1, -0.05) is 68.1 Å². The number of benzene rings is 2. The number of anilines is 1. The summed E-state index contributed by atoms with van der Waals surface area (Å²) in [5, 5.41) is 5.83. The second kappa shape index (κ2) is 8.85. The minimum atomic E-state index is -0.185. The van der Waals surface area contributed by atoms with E-state index >= 15 is 0 Å². The number of nitrogens with one attached hydrogen (secondary N) is 2. The highest BCUT2D eigenvalue weighted by atomic mass is 32.2. The maximum atomic E-state index is 12.8. The number of rotatable bonds is 6. The van der Waals surface area contributed by atoms with Crippen LogP contribution in [0.2, 0.25) is 0 Å². The van der Waals surface area contributed by atoms with Crippen LogP contribution in [0.25, 0.3) is 21.3 Å². The topological polar surface area (TPSA) is 74.8 Å². The SMILES string of the molecule is CC(C)c1ccc(-c2csc3nc(SCC(=O)Nc4ccccc4)[nH]c(=O)c23)cc1. The minimum absolute atomic E-state index is 0.147. The molecule has 0 aliphatic carbocycles. The number of nitrogens with zero attached hydrogens (tertiary/aromatic N) is 1. The Morgan fingerprint density at radius 3 is 2.57 bits per heavy atom. The molecule has 152 valence electrons. The summed E-state index contributed by atoms with van der Waals surface area (Å²) in [6.07, 6.45) is 0. The molecule has 1 amide bonds. The van der Waals surface area contributed by atoms with Gasteiger partial charge in [0.25, 0.3) is 5.56 Å². The standard InChI is InChI=1S/C23H21N3O2S2/c1-14(2)15-8-10-16(11-9-15)18-12-29-22-20(18)21(28)25-23(26-22)30-13-19(27)24-17-6-4-3-5-7-17/h3-12,14H,13H2,1-2H3,(H,24,27)(H,25,26,28). The Balaban J connectivity index is 1.52. The van der Waals surface area contributed by atoms with Gasteiger partial charge < -0.3 is 10.3 Å². The van der Waals surface area contributed by atoms with E-state index in [0.29, 0.717) is 21.3 Å². The zero-order valence-corrected chi connectivity index (χ0v) is 18.3. The second-order valence-corrected chi connectivity index (χ2v) is 9.00. The summed E-state index contributed by atoms with van der Waals surface area (Å²) in [5.41, 5.74) is 3.71. The molecule has 0 saturated heterocycles. The normalized spacial score (nSPS) is 11.2. The lowest BCUT2D eigenvalue weighted by Gasteiger charge is -2.07. The van der Waals surface area contributed by atoms with E-state index < -0.39 is 0 Å². The first-order valence-corrected chi connectivity index (χ1v) is 11.5. The molecule has 0 saturated carbocycles. The maximum Gasteiger partial charge on any atom is 0.260 e. The van der Waals surface area contributed by atoms with Crippen molar-refractivity contribution in [3.8, 4) is 11.1 Å². The summed E-state index contributed by atoms with van der Waals surface area (Å²) >= 11 is 2.65. The van der Waals surface area contributed by atoms with Gasteiger partial charge in [0, 0.05) is 16.6 Å². The van der Waals surface area contributed by atoms with Crippen molar-refractivity contribution in [2.75, 3.05) is 11.1 Å². The Kier molecular flexibility index (Phi) is 6.01. The van der Waals surface area contributed by atoms with Gasteiger partial charge in [0.2, 0.25) is 5.91 Å². The van der Waals surface area contributed by atoms with E-state index in [-0.39, 0.29) is 17.2 Å². The van der Waals surface area contributed by atoms with Crippen molar-refractivity contribution in [2.24, 2.45) is 0 Å². The van der Waals surface area contributed by atoms with E-state index in [0.717, 1.165) is 16.8 Å². The van der Waals surface area contributed by atoms with Crippen LogP contribution in [0.1, 0.15) is 25.3 Å². The van der Waals surface area contributed by atoms with Crippen LogP contribution in [0, 0.1) is 0 Å². The first-order valence-electron chi connectivity index (χ1n) is 9.61. The molecule has 0 bridgehead atoms. The number of amides is 1. The second-order valence-electron chi connectivity index (χ2n) is 7.18. The third-order valence-electron chi connectivity index (χ3n) is 4.71. The summed E-state index contributed by atoms with van der Waals surface area (Å²) in [4.78, 5) is 33.0. The number of thiophene rings is 1. The fraction of sp³-hybridized carbons (Fsp3) is 0.174. The number of para-hydroxylation sites is 1. The van der Waals surface area contributed by atoms with E-state index in [1.165, 1.54) is 28.7 Å². The maximum absolute atomic E-state index is 12.8. The van der Waals surface area contributed by atoms with Crippen LogP contribution < -0.4 is 10.9 Å². The smallest absolute Gasteiger partial charge is 0.260 e. The molecule has 4 rings (SSSR count). The van der Waals surface area contributed by atoms with Gasteiger partial charge in [-0.2, -0.15) is 0 Å². The third kappa shape index (κ3) is 4.47. The molecule has 0 radical (unpaired) electrons. The van der Waals surface area contributed by atoms with Crippen molar-refractivity contribution in [1.82, 2.24) is 9.97 Å². The molecular formula is C23H21N3O2S2. The van der Waals surface area contributed by atoms with E-state index in [1.807, 2.05) is 47.8 Å². The van der Waals surface area contributed by atoms with Crippen LogP contribution in [-0.4, -0.2) is 21.6 Å². The molecule has 0 fully saturated rings. The molecule has 2 heterocycles. The molecule has 4 aromatic rings. The summed E-state index contributed by atoms with van der Waals surface area (Å²) in [7, 11) is 0. The van der Waals surface area contributed by atoms with Crippen LogP contribution >= 0.6 is 23.1 Å². The van der Waals surface area contributed by atoms with E-state index in [9.17, 15) is 9.59 Å². The summed E-state index contributed by atoms with van der Waals surface area (Å²) in [5.74, 6) is 0.478. The van der Waals surface area contributed by atoms with Gasteiger partial charge in [-0.3, -0.25) is 9.59 Å². The monoisotopic (exact) mass is 435 g/mol.